The Hall–Kier alpha value is -4.50. The summed E-state index contributed by atoms with van der Waals surface area (Å²) in [7, 11) is 1.50. The molecule has 1 fully saturated rings. The number of halogens is 3. The minimum atomic E-state index is -0.872. The highest BCUT2D eigenvalue weighted by atomic mass is 35.5. The summed E-state index contributed by atoms with van der Waals surface area (Å²) in [6.45, 7) is 0.358. The lowest BCUT2D eigenvalue weighted by Crippen LogP contribution is -2.54. The fraction of sp³-hybridized carbons (Fsp3) is 0.0938. The summed E-state index contributed by atoms with van der Waals surface area (Å²) >= 11 is 18.3. The number of carbonyl (C=O) groups is 3. The van der Waals surface area contributed by atoms with Crippen LogP contribution in [0.5, 0.6) is 17.2 Å². The molecule has 218 valence electrons. The minimum Gasteiger partial charge on any atom is -0.497 e. The Balaban J connectivity index is 1.37. The van der Waals surface area contributed by atoms with Crippen LogP contribution in [0.15, 0.2) is 90.5 Å². The van der Waals surface area contributed by atoms with E-state index < -0.39 is 17.8 Å². The van der Waals surface area contributed by atoms with E-state index in [0.29, 0.717) is 37.9 Å². The third kappa shape index (κ3) is 6.94. The van der Waals surface area contributed by atoms with Gasteiger partial charge in [0, 0.05) is 22.2 Å². The van der Waals surface area contributed by atoms with E-state index in [-0.39, 0.29) is 24.5 Å². The van der Waals surface area contributed by atoms with Crippen molar-refractivity contribution in [1.82, 2.24) is 5.32 Å². The van der Waals surface area contributed by atoms with E-state index >= 15 is 0 Å². The molecule has 0 saturated carbocycles. The molecule has 1 aliphatic rings. The Morgan fingerprint density at radius 1 is 0.767 bits per heavy atom. The van der Waals surface area contributed by atoms with E-state index in [1.165, 1.54) is 13.2 Å². The number of methoxy groups -OCH3 is 1. The van der Waals surface area contributed by atoms with Crippen molar-refractivity contribution >= 4 is 64.4 Å². The van der Waals surface area contributed by atoms with Gasteiger partial charge in [0.1, 0.15) is 36.0 Å². The van der Waals surface area contributed by atoms with Crippen molar-refractivity contribution in [3.63, 3.8) is 0 Å². The lowest BCUT2D eigenvalue weighted by atomic mass is 10.1. The highest BCUT2D eigenvalue weighted by Gasteiger charge is 2.37. The third-order valence-corrected chi connectivity index (χ3v) is 7.56. The number of urea groups is 1. The van der Waals surface area contributed by atoms with Gasteiger partial charge in [-0.05, 0) is 66.2 Å². The average molecular weight is 638 g/mol. The van der Waals surface area contributed by atoms with E-state index in [1.54, 1.807) is 66.7 Å². The Morgan fingerprint density at radius 3 is 2.23 bits per heavy atom. The largest absolute Gasteiger partial charge is 0.497 e. The van der Waals surface area contributed by atoms with Crippen LogP contribution in [-0.4, -0.2) is 25.0 Å². The van der Waals surface area contributed by atoms with Crippen molar-refractivity contribution in [2.75, 3.05) is 12.0 Å². The number of rotatable bonds is 9. The maximum atomic E-state index is 13.5. The van der Waals surface area contributed by atoms with Gasteiger partial charge in [-0.3, -0.25) is 14.9 Å². The number of barbiturate groups is 1. The van der Waals surface area contributed by atoms with Gasteiger partial charge < -0.3 is 14.2 Å². The lowest BCUT2D eigenvalue weighted by Gasteiger charge is -2.26. The molecule has 0 aliphatic carbocycles. The molecule has 0 radical (unpaired) electrons. The van der Waals surface area contributed by atoms with Gasteiger partial charge in [-0.15, -0.1) is 0 Å². The summed E-state index contributed by atoms with van der Waals surface area (Å²) < 4.78 is 17.1. The molecular formula is C32H23Cl3N2O6. The first kappa shape index (κ1) is 30.0. The van der Waals surface area contributed by atoms with Gasteiger partial charge in [0.05, 0.1) is 22.8 Å². The zero-order valence-corrected chi connectivity index (χ0v) is 24.9. The molecule has 4 aromatic carbocycles. The predicted octanol–water partition coefficient (Wildman–Crippen LogP) is 7.48. The van der Waals surface area contributed by atoms with Gasteiger partial charge >= 0.3 is 6.03 Å². The Morgan fingerprint density at radius 2 is 1.51 bits per heavy atom. The number of nitrogens with zero attached hydrogens (tertiary/aromatic N) is 1. The predicted molar refractivity (Wildman–Crippen MR) is 165 cm³/mol. The maximum Gasteiger partial charge on any atom is 0.335 e. The highest BCUT2D eigenvalue weighted by molar-refractivity contribution is 6.42. The molecule has 4 amide bonds. The van der Waals surface area contributed by atoms with E-state index in [1.807, 2.05) is 18.2 Å². The molecule has 0 bridgehead atoms. The van der Waals surface area contributed by atoms with Crippen LogP contribution in [0.3, 0.4) is 0 Å². The lowest BCUT2D eigenvalue weighted by molar-refractivity contribution is -0.122. The topological polar surface area (TPSA) is 94.2 Å². The van der Waals surface area contributed by atoms with Crippen LogP contribution in [-0.2, 0) is 22.8 Å². The number of benzene rings is 4. The van der Waals surface area contributed by atoms with Gasteiger partial charge in [-0.25, -0.2) is 9.69 Å². The molecule has 0 aromatic heterocycles. The van der Waals surface area contributed by atoms with Crippen LogP contribution in [0.25, 0.3) is 6.08 Å². The monoisotopic (exact) mass is 636 g/mol. The van der Waals surface area contributed by atoms with Gasteiger partial charge in [0.15, 0.2) is 0 Å². The first-order chi connectivity index (χ1) is 20.7. The summed E-state index contributed by atoms with van der Waals surface area (Å²) in [6.07, 6.45) is 1.36. The summed E-state index contributed by atoms with van der Waals surface area (Å²) in [4.78, 5) is 39.9. The standard InChI is InChI=1S/C32H23Cl3N2O6/c1-41-24-10-7-20(29(16-24)43-17-19-6-13-27(34)28(35)14-19)15-25-30(38)36-32(40)37(31(25)39)22-8-11-23(12-9-22)42-18-21-4-2-3-5-26(21)33/h2-16H,17-18H2,1H3,(H,36,38,40)/b25-15+. The number of amides is 4. The molecule has 8 nitrogen and oxygen atoms in total. The van der Waals surface area contributed by atoms with Gasteiger partial charge in [0.2, 0.25) is 0 Å². The summed E-state index contributed by atoms with van der Waals surface area (Å²) in [6, 6.07) is 22.8. The number of hydrogen-bond acceptors (Lipinski definition) is 6. The van der Waals surface area contributed by atoms with Crippen molar-refractivity contribution in [2.45, 2.75) is 13.2 Å². The van der Waals surface area contributed by atoms with E-state index in [4.69, 9.17) is 49.0 Å². The first-order valence-corrected chi connectivity index (χ1v) is 14.0. The Kier molecular flexibility index (Phi) is 9.21. The summed E-state index contributed by atoms with van der Waals surface area (Å²) in [5.41, 5.74) is 1.96. The second kappa shape index (κ2) is 13.2. The van der Waals surface area contributed by atoms with Gasteiger partial charge in [-0.1, -0.05) is 59.1 Å². The van der Waals surface area contributed by atoms with E-state index in [2.05, 4.69) is 5.32 Å². The molecule has 0 spiro atoms. The fourth-order valence-corrected chi connectivity index (χ4v) is 4.70. The zero-order chi connectivity index (χ0) is 30.5. The van der Waals surface area contributed by atoms with Crippen LogP contribution in [0.2, 0.25) is 15.1 Å². The van der Waals surface area contributed by atoms with E-state index in [0.717, 1.165) is 16.0 Å². The van der Waals surface area contributed by atoms with Crippen molar-refractivity contribution < 1.29 is 28.6 Å². The zero-order valence-electron chi connectivity index (χ0n) is 22.6. The van der Waals surface area contributed by atoms with Crippen molar-refractivity contribution in [1.29, 1.82) is 0 Å². The van der Waals surface area contributed by atoms with Crippen LogP contribution in [0.4, 0.5) is 10.5 Å². The Bertz CT molecular complexity index is 1740. The molecular weight excluding hydrogens is 615 g/mol. The van der Waals surface area contributed by atoms with Crippen LogP contribution < -0.4 is 24.4 Å². The van der Waals surface area contributed by atoms with Crippen molar-refractivity contribution in [3.8, 4) is 17.2 Å². The molecule has 1 aliphatic heterocycles. The molecule has 11 heteroatoms. The van der Waals surface area contributed by atoms with Crippen molar-refractivity contribution in [3.05, 3.63) is 122 Å². The molecule has 43 heavy (non-hydrogen) atoms. The second-order valence-corrected chi connectivity index (χ2v) is 10.5. The number of hydrogen-bond donors (Lipinski definition) is 1. The summed E-state index contributed by atoms with van der Waals surface area (Å²) in [5.74, 6) is -0.300. The van der Waals surface area contributed by atoms with Crippen LogP contribution in [0.1, 0.15) is 16.7 Å². The quantitative estimate of drug-likeness (QED) is 0.151. The molecule has 4 aromatic rings. The first-order valence-electron chi connectivity index (χ1n) is 12.9. The number of ether oxygens (including phenoxy) is 3. The fourth-order valence-electron chi connectivity index (χ4n) is 4.19. The second-order valence-electron chi connectivity index (χ2n) is 9.27. The smallest absolute Gasteiger partial charge is 0.335 e. The Labute approximate surface area is 262 Å². The number of nitrogens with one attached hydrogen (secondary N) is 1. The summed E-state index contributed by atoms with van der Waals surface area (Å²) in [5, 5.41) is 3.60. The molecule has 0 unspecified atom stereocenters. The van der Waals surface area contributed by atoms with Crippen LogP contribution in [0, 0.1) is 0 Å². The third-order valence-electron chi connectivity index (χ3n) is 6.45. The molecule has 1 heterocycles. The maximum absolute atomic E-state index is 13.5. The minimum absolute atomic E-state index is 0.121. The molecule has 0 atom stereocenters. The van der Waals surface area contributed by atoms with Gasteiger partial charge in [-0.2, -0.15) is 0 Å². The highest BCUT2D eigenvalue weighted by Crippen LogP contribution is 2.31. The number of imide groups is 2. The van der Waals surface area contributed by atoms with Crippen molar-refractivity contribution in [2.24, 2.45) is 0 Å². The number of carbonyl (C=O) groups excluding carboxylic acids is 3. The molecule has 5 rings (SSSR count). The average Bonchev–Trinajstić information content (AvgIpc) is 3.00. The normalized spacial score (nSPS) is 14.1. The SMILES string of the molecule is COc1ccc(/C=C2\C(=O)NC(=O)N(c3ccc(OCc4ccccc4Cl)cc3)C2=O)c(OCc2ccc(Cl)c(Cl)c2)c1. The molecule has 1 N–H and O–H groups in total. The van der Waals surface area contributed by atoms with E-state index in [9.17, 15) is 14.4 Å². The van der Waals surface area contributed by atoms with Gasteiger partial charge in [0.25, 0.3) is 11.8 Å². The van der Waals surface area contributed by atoms with Crippen LogP contribution >= 0.6 is 34.8 Å². The molecule has 1 saturated heterocycles. The number of anilines is 1.